The lowest BCUT2D eigenvalue weighted by molar-refractivity contribution is 0.306. The van der Waals surface area contributed by atoms with Crippen molar-refractivity contribution in [1.82, 2.24) is 24.5 Å². The zero-order valence-corrected chi connectivity index (χ0v) is 18.3. The van der Waals surface area contributed by atoms with E-state index in [1.807, 2.05) is 6.07 Å². The fraction of sp³-hybridized carbons (Fsp3) is 0.211. The molecule has 0 saturated carbocycles. The lowest BCUT2D eigenvalue weighted by Crippen LogP contribution is -2.27. The molecule has 0 aliphatic rings. The van der Waals surface area contributed by atoms with Gasteiger partial charge in [0.25, 0.3) is 0 Å². The van der Waals surface area contributed by atoms with Gasteiger partial charge < -0.3 is 14.2 Å². The Labute approximate surface area is 182 Å². The van der Waals surface area contributed by atoms with E-state index in [4.69, 9.17) is 14.2 Å². The van der Waals surface area contributed by atoms with E-state index in [-0.39, 0.29) is 17.4 Å². The lowest BCUT2D eigenvalue weighted by atomic mass is 10.2. The summed E-state index contributed by atoms with van der Waals surface area (Å²) in [6.45, 7) is 0.202. The summed E-state index contributed by atoms with van der Waals surface area (Å²) in [5.41, 5.74) is 1.21. The van der Waals surface area contributed by atoms with Crippen LogP contribution in [0, 0.1) is 0 Å². The van der Waals surface area contributed by atoms with E-state index in [1.54, 1.807) is 56.0 Å². The molecule has 4 aromatic rings. The Kier molecular flexibility index (Phi) is 6.02. The first kappa shape index (κ1) is 21.0. The molecule has 0 fully saturated rings. The molecule has 0 bridgehead atoms. The quantitative estimate of drug-likeness (QED) is 0.377. The molecular formula is C19H19N5O5S2. The molecule has 1 N–H and O–H groups in total. The van der Waals surface area contributed by atoms with E-state index in [0.29, 0.717) is 34.4 Å². The highest BCUT2D eigenvalue weighted by molar-refractivity contribution is 7.91. The number of nitrogens with zero attached hydrogens (tertiary/aromatic N) is 4. The number of aromatic nitrogens is 4. The van der Waals surface area contributed by atoms with Crippen LogP contribution in [-0.2, 0) is 10.0 Å². The van der Waals surface area contributed by atoms with Gasteiger partial charge in [0, 0.05) is 18.7 Å². The van der Waals surface area contributed by atoms with Crippen molar-refractivity contribution in [2.45, 2.75) is 4.21 Å². The number of thiophene rings is 1. The predicted octanol–water partition coefficient (Wildman–Crippen LogP) is 2.23. The Bertz CT molecular complexity index is 1290. The zero-order valence-electron chi connectivity index (χ0n) is 16.7. The van der Waals surface area contributed by atoms with E-state index >= 15 is 0 Å². The van der Waals surface area contributed by atoms with E-state index in [2.05, 4.69) is 20.0 Å². The summed E-state index contributed by atoms with van der Waals surface area (Å²) in [5.74, 6) is 1.98. The number of sulfonamides is 1. The van der Waals surface area contributed by atoms with Gasteiger partial charge in [-0.15, -0.1) is 26.6 Å². The van der Waals surface area contributed by atoms with Gasteiger partial charge in [-0.1, -0.05) is 6.07 Å². The number of rotatable bonds is 9. The zero-order chi connectivity index (χ0) is 21.8. The van der Waals surface area contributed by atoms with Crippen molar-refractivity contribution >= 4 is 27.0 Å². The van der Waals surface area contributed by atoms with Crippen molar-refractivity contribution < 1.29 is 22.6 Å². The van der Waals surface area contributed by atoms with Crippen molar-refractivity contribution in [2.24, 2.45) is 0 Å². The van der Waals surface area contributed by atoms with Crippen molar-refractivity contribution in [3.63, 3.8) is 0 Å². The number of hydrogen-bond donors (Lipinski definition) is 1. The summed E-state index contributed by atoms with van der Waals surface area (Å²) in [5, 5.41) is 14.5. The molecule has 3 heterocycles. The molecule has 10 nitrogen and oxygen atoms in total. The molecule has 31 heavy (non-hydrogen) atoms. The molecule has 3 aromatic heterocycles. The third kappa shape index (κ3) is 4.45. The molecule has 0 unspecified atom stereocenters. The molecule has 0 atom stereocenters. The number of fused-ring (bicyclic) bond motifs is 1. The summed E-state index contributed by atoms with van der Waals surface area (Å²) >= 11 is 1.15. The Morgan fingerprint density at radius 1 is 1.10 bits per heavy atom. The van der Waals surface area contributed by atoms with Crippen LogP contribution in [0.4, 0.5) is 0 Å². The van der Waals surface area contributed by atoms with Crippen molar-refractivity contribution in [3.05, 3.63) is 47.8 Å². The first-order valence-corrected chi connectivity index (χ1v) is 11.5. The molecule has 0 aliphatic heterocycles. The van der Waals surface area contributed by atoms with Crippen LogP contribution in [0.2, 0.25) is 0 Å². The average molecular weight is 462 g/mol. The summed E-state index contributed by atoms with van der Waals surface area (Å²) in [4.78, 5) is 0. The molecule has 4 rings (SSSR count). The number of nitrogens with one attached hydrogen (secondary N) is 1. The van der Waals surface area contributed by atoms with Gasteiger partial charge >= 0.3 is 0 Å². The van der Waals surface area contributed by atoms with Gasteiger partial charge in [0.15, 0.2) is 11.5 Å². The van der Waals surface area contributed by atoms with Crippen LogP contribution >= 0.6 is 11.3 Å². The van der Waals surface area contributed by atoms with E-state index < -0.39 is 10.0 Å². The van der Waals surface area contributed by atoms with Crippen LogP contribution in [0.25, 0.3) is 17.0 Å². The molecule has 162 valence electrons. The van der Waals surface area contributed by atoms with Gasteiger partial charge in [0.05, 0.1) is 19.8 Å². The summed E-state index contributed by atoms with van der Waals surface area (Å²) in [7, 11) is -0.402. The Morgan fingerprint density at radius 3 is 2.71 bits per heavy atom. The lowest BCUT2D eigenvalue weighted by Gasteiger charge is -2.10. The normalized spacial score (nSPS) is 11.5. The van der Waals surface area contributed by atoms with E-state index in [0.717, 1.165) is 11.3 Å². The van der Waals surface area contributed by atoms with E-state index in [1.165, 1.54) is 4.52 Å². The fourth-order valence-corrected chi connectivity index (χ4v) is 4.87. The van der Waals surface area contributed by atoms with Gasteiger partial charge in [-0.25, -0.2) is 13.1 Å². The van der Waals surface area contributed by atoms with Crippen LogP contribution in [0.1, 0.15) is 0 Å². The van der Waals surface area contributed by atoms with Crippen molar-refractivity contribution in [1.29, 1.82) is 0 Å². The third-order valence-corrected chi connectivity index (χ3v) is 7.15. The first-order chi connectivity index (χ1) is 15.0. The second kappa shape index (κ2) is 8.88. The molecule has 0 radical (unpaired) electrons. The highest BCUT2D eigenvalue weighted by atomic mass is 32.2. The van der Waals surface area contributed by atoms with Gasteiger partial charge in [-0.05, 0) is 29.6 Å². The van der Waals surface area contributed by atoms with Crippen LogP contribution in [0.5, 0.6) is 17.4 Å². The number of benzene rings is 1. The van der Waals surface area contributed by atoms with Crippen LogP contribution in [-0.4, -0.2) is 55.6 Å². The second-order valence-corrected chi connectivity index (χ2v) is 9.15. The third-order valence-electron chi connectivity index (χ3n) is 4.29. The smallest absolute Gasteiger partial charge is 0.250 e. The molecule has 1 aromatic carbocycles. The number of hydrogen-bond acceptors (Lipinski definition) is 9. The molecular weight excluding hydrogens is 442 g/mol. The number of ether oxygens (including phenoxy) is 3. The average Bonchev–Trinajstić information content (AvgIpc) is 3.47. The van der Waals surface area contributed by atoms with E-state index in [9.17, 15) is 8.42 Å². The largest absolute Gasteiger partial charge is 0.497 e. The molecule has 0 aliphatic carbocycles. The minimum atomic E-state index is -3.53. The van der Waals surface area contributed by atoms with Crippen LogP contribution < -0.4 is 18.9 Å². The Morgan fingerprint density at radius 2 is 1.97 bits per heavy atom. The minimum Gasteiger partial charge on any atom is -0.497 e. The maximum Gasteiger partial charge on any atom is 0.250 e. The maximum absolute atomic E-state index is 12.1. The molecule has 12 heteroatoms. The minimum absolute atomic E-state index is 0.0985. The molecule has 0 spiro atoms. The van der Waals surface area contributed by atoms with Gasteiger partial charge in [-0.3, -0.25) is 0 Å². The number of methoxy groups -OCH3 is 2. The standard InChI is InChI=1S/C19H19N5O5S2/c1-27-13-5-6-14(15(12-13)28-2)19-22-21-16-7-8-17(23-24(16)19)29-10-9-20-31(25,26)18-4-3-11-30-18/h3-8,11-12,20H,9-10H2,1-2H3. The topological polar surface area (TPSA) is 117 Å². The monoisotopic (exact) mass is 461 g/mol. The first-order valence-electron chi connectivity index (χ1n) is 9.12. The highest BCUT2D eigenvalue weighted by Gasteiger charge is 2.17. The van der Waals surface area contributed by atoms with Crippen LogP contribution in [0.3, 0.4) is 0 Å². The van der Waals surface area contributed by atoms with Gasteiger partial charge in [-0.2, -0.15) is 4.52 Å². The summed E-state index contributed by atoms with van der Waals surface area (Å²) in [6.07, 6.45) is 0. The van der Waals surface area contributed by atoms with Crippen LogP contribution in [0.15, 0.2) is 52.1 Å². The second-order valence-electron chi connectivity index (χ2n) is 6.21. The molecule has 0 amide bonds. The summed E-state index contributed by atoms with van der Waals surface area (Å²) in [6, 6.07) is 11.9. The van der Waals surface area contributed by atoms with Gasteiger partial charge in [0.1, 0.15) is 22.3 Å². The Balaban J connectivity index is 1.50. The predicted molar refractivity (Wildman–Crippen MR) is 114 cm³/mol. The van der Waals surface area contributed by atoms with Crippen molar-refractivity contribution in [3.8, 4) is 28.8 Å². The maximum atomic E-state index is 12.1. The van der Waals surface area contributed by atoms with Crippen molar-refractivity contribution in [2.75, 3.05) is 27.4 Å². The fourth-order valence-electron chi connectivity index (χ4n) is 2.82. The summed E-state index contributed by atoms with van der Waals surface area (Å²) < 4.78 is 44.9. The van der Waals surface area contributed by atoms with Gasteiger partial charge in [0.2, 0.25) is 15.9 Å². The Hall–Kier alpha value is -3.22. The SMILES string of the molecule is COc1ccc(-c2nnc3ccc(OCCNS(=O)(=O)c4cccs4)nn23)c(OC)c1. The highest BCUT2D eigenvalue weighted by Crippen LogP contribution is 2.32. The molecule has 0 saturated heterocycles.